The van der Waals surface area contributed by atoms with E-state index in [9.17, 15) is 9.59 Å². The summed E-state index contributed by atoms with van der Waals surface area (Å²) < 4.78 is 2.18. The number of nitrogens with zero attached hydrogens (tertiary/aromatic N) is 2. The van der Waals surface area contributed by atoms with Crippen LogP contribution in [0, 0.1) is 19.8 Å². The highest BCUT2D eigenvalue weighted by Gasteiger charge is 2.27. The van der Waals surface area contributed by atoms with Crippen molar-refractivity contribution < 1.29 is 14.7 Å². The van der Waals surface area contributed by atoms with Gasteiger partial charge in [0, 0.05) is 36.9 Å². The third-order valence-electron chi connectivity index (χ3n) is 4.60. The van der Waals surface area contributed by atoms with E-state index >= 15 is 0 Å². The molecular formula is C17H26N2O3. The van der Waals surface area contributed by atoms with Crippen LogP contribution in [0.3, 0.4) is 0 Å². The van der Waals surface area contributed by atoms with E-state index in [1.54, 1.807) is 0 Å². The largest absolute Gasteiger partial charge is 0.481 e. The van der Waals surface area contributed by atoms with E-state index in [0.717, 1.165) is 29.8 Å². The van der Waals surface area contributed by atoms with Crippen LogP contribution in [0.5, 0.6) is 0 Å². The first-order chi connectivity index (χ1) is 10.3. The molecule has 5 heteroatoms. The minimum atomic E-state index is -0.745. The maximum Gasteiger partial charge on any atom is 0.303 e. The van der Waals surface area contributed by atoms with Gasteiger partial charge in [0.2, 0.25) is 0 Å². The average molecular weight is 306 g/mol. The summed E-state index contributed by atoms with van der Waals surface area (Å²) in [6.07, 6.45) is 1.77. The van der Waals surface area contributed by atoms with Crippen LogP contribution in [0.1, 0.15) is 60.9 Å². The molecule has 1 saturated heterocycles. The lowest BCUT2D eigenvalue weighted by Crippen LogP contribution is -2.39. The second-order valence-corrected chi connectivity index (χ2v) is 6.58. The Hall–Kier alpha value is -1.78. The van der Waals surface area contributed by atoms with E-state index in [1.807, 2.05) is 24.8 Å². The number of aryl methyl sites for hydroxylation is 1. The lowest BCUT2D eigenvalue weighted by molar-refractivity contribution is -0.138. The topological polar surface area (TPSA) is 62.5 Å². The number of rotatable bonds is 4. The molecule has 0 spiro atoms. The molecular weight excluding hydrogens is 280 g/mol. The van der Waals surface area contributed by atoms with Crippen LogP contribution < -0.4 is 0 Å². The van der Waals surface area contributed by atoms with Crippen LogP contribution in [0.15, 0.2) is 6.07 Å². The van der Waals surface area contributed by atoms with E-state index in [1.165, 1.54) is 0 Å². The molecule has 0 aromatic carbocycles. The number of carboxylic acids is 1. The van der Waals surface area contributed by atoms with Crippen molar-refractivity contribution in [2.75, 3.05) is 13.1 Å². The summed E-state index contributed by atoms with van der Waals surface area (Å²) in [5.41, 5.74) is 2.91. The predicted octanol–water partition coefficient (Wildman–Crippen LogP) is 3.01. The van der Waals surface area contributed by atoms with Crippen LogP contribution in [-0.4, -0.2) is 39.5 Å². The monoisotopic (exact) mass is 306 g/mol. The molecule has 0 unspecified atom stereocenters. The van der Waals surface area contributed by atoms with Crippen LogP contribution in [0.2, 0.25) is 0 Å². The van der Waals surface area contributed by atoms with E-state index < -0.39 is 5.97 Å². The van der Waals surface area contributed by atoms with Crippen molar-refractivity contribution in [3.05, 3.63) is 23.0 Å². The Balaban J connectivity index is 2.08. The number of carboxylic acid groups (broad SMARTS) is 1. The molecule has 0 aliphatic carbocycles. The molecule has 1 aromatic heterocycles. The minimum absolute atomic E-state index is 0.0776. The first-order valence-corrected chi connectivity index (χ1v) is 8.00. The molecule has 1 aliphatic heterocycles. The molecule has 0 saturated carbocycles. The molecule has 5 nitrogen and oxygen atoms in total. The van der Waals surface area contributed by atoms with Gasteiger partial charge in [0.25, 0.3) is 5.91 Å². The predicted molar refractivity (Wildman–Crippen MR) is 85.2 cm³/mol. The number of likely N-dealkylation sites (tertiary alicyclic amines) is 1. The number of hydrogen-bond acceptors (Lipinski definition) is 2. The van der Waals surface area contributed by atoms with Crippen molar-refractivity contribution in [1.82, 2.24) is 9.47 Å². The SMILES string of the molecule is Cc1cc(C(=O)N2CCC(CC(=O)O)CC2)c(C)n1C(C)C. The zero-order chi connectivity index (χ0) is 16.4. The van der Waals surface area contributed by atoms with Crippen LogP contribution in [0.4, 0.5) is 0 Å². The van der Waals surface area contributed by atoms with E-state index in [2.05, 4.69) is 18.4 Å². The second kappa shape index (κ2) is 6.55. The Morgan fingerprint density at radius 1 is 1.27 bits per heavy atom. The Bertz CT molecular complexity index is 567. The van der Waals surface area contributed by atoms with Gasteiger partial charge in [0.15, 0.2) is 0 Å². The zero-order valence-electron chi connectivity index (χ0n) is 13.9. The highest BCUT2D eigenvalue weighted by atomic mass is 16.4. The van der Waals surface area contributed by atoms with Crippen LogP contribution in [-0.2, 0) is 4.79 Å². The molecule has 0 bridgehead atoms. The number of amides is 1. The molecule has 0 atom stereocenters. The second-order valence-electron chi connectivity index (χ2n) is 6.58. The molecule has 0 radical (unpaired) electrons. The van der Waals surface area contributed by atoms with Gasteiger partial charge >= 0.3 is 5.97 Å². The van der Waals surface area contributed by atoms with Gasteiger partial charge in [-0.2, -0.15) is 0 Å². The number of carbonyl (C=O) groups excluding carboxylic acids is 1. The maximum absolute atomic E-state index is 12.7. The summed E-state index contributed by atoms with van der Waals surface area (Å²) in [5, 5.41) is 8.86. The average Bonchev–Trinajstić information content (AvgIpc) is 2.73. The van der Waals surface area contributed by atoms with Crippen molar-refractivity contribution in [3.8, 4) is 0 Å². The molecule has 22 heavy (non-hydrogen) atoms. The van der Waals surface area contributed by atoms with Crippen LogP contribution >= 0.6 is 0 Å². The van der Waals surface area contributed by atoms with Gasteiger partial charge in [0.1, 0.15) is 0 Å². The fourth-order valence-corrected chi connectivity index (χ4v) is 3.55. The lowest BCUT2D eigenvalue weighted by atomic mass is 9.93. The van der Waals surface area contributed by atoms with E-state index in [-0.39, 0.29) is 18.2 Å². The Morgan fingerprint density at radius 2 is 1.86 bits per heavy atom. The highest BCUT2D eigenvalue weighted by Crippen LogP contribution is 2.25. The van der Waals surface area contributed by atoms with Gasteiger partial charge in [-0.25, -0.2) is 0 Å². The van der Waals surface area contributed by atoms with Crippen molar-refractivity contribution in [2.45, 2.75) is 53.0 Å². The number of carbonyl (C=O) groups is 2. The molecule has 1 fully saturated rings. The van der Waals surface area contributed by atoms with Crippen LogP contribution in [0.25, 0.3) is 0 Å². The lowest BCUT2D eigenvalue weighted by Gasteiger charge is -2.31. The van der Waals surface area contributed by atoms with Gasteiger partial charge in [-0.15, -0.1) is 0 Å². The number of piperidine rings is 1. The molecule has 1 aromatic rings. The molecule has 2 rings (SSSR count). The summed E-state index contributed by atoms with van der Waals surface area (Å²) in [5.74, 6) is -0.469. The first-order valence-electron chi connectivity index (χ1n) is 8.00. The minimum Gasteiger partial charge on any atom is -0.481 e. The number of aliphatic carboxylic acids is 1. The molecule has 1 N–H and O–H groups in total. The number of aromatic nitrogens is 1. The molecule has 1 amide bonds. The number of hydrogen-bond donors (Lipinski definition) is 1. The first kappa shape index (κ1) is 16.6. The Labute approximate surface area is 131 Å². The zero-order valence-corrected chi connectivity index (χ0v) is 13.9. The Morgan fingerprint density at radius 3 is 2.32 bits per heavy atom. The van der Waals surface area contributed by atoms with Gasteiger partial charge in [-0.1, -0.05) is 0 Å². The molecule has 1 aliphatic rings. The summed E-state index contributed by atoms with van der Waals surface area (Å²) >= 11 is 0. The van der Waals surface area contributed by atoms with E-state index in [0.29, 0.717) is 19.1 Å². The highest BCUT2D eigenvalue weighted by molar-refractivity contribution is 5.95. The fourth-order valence-electron chi connectivity index (χ4n) is 3.55. The maximum atomic E-state index is 12.7. The van der Waals surface area contributed by atoms with E-state index in [4.69, 9.17) is 5.11 Å². The summed E-state index contributed by atoms with van der Waals surface area (Å²) in [6, 6.07) is 2.31. The van der Waals surface area contributed by atoms with Crippen molar-refractivity contribution in [2.24, 2.45) is 5.92 Å². The third-order valence-corrected chi connectivity index (χ3v) is 4.60. The van der Waals surface area contributed by atoms with Gasteiger partial charge < -0.3 is 14.6 Å². The molecule has 2 heterocycles. The van der Waals surface area contributed by atoms with Crippen molar-refractivity contribution in [1.29, 1.82) is 0 Å². The quantitative estimate of drug-likeness (QED) is 0.930. The van der Waals surface area contributed by atoms with Gasteiger partial charge in [-0.3, -0.25) is 9.59 Å². The van der Waals surface area contributed by atoms with Gasteiger partial charge in [-0.05, 0) is 52.5 Å². The smallest absolute Gasteiger partial charge is 0.303 e. The summed E-state index contributed by atoms with van der Waals surface area (Å²) in [7, 11) is 0. The fraction of sp³-hybridized carbons (Fsp3) is 0.647. The summed E-state index contributed by atoms with van der Waals surface area (Å²) in [4.78, 5) is 25.4. The normalized spacial score (nSPS) is 16.3. The van der Waals surface area contributed by atoms with Crippen molar-refractivity contribution in [3.63, 3.8) is 0 Å². The van der Waals surface area contributed by atoms with Crippen molar-refractivity contribution >= 4 is 11.9 Å². The summed E-state index contributed by atoms with van der Waals surface area (Å²) in [6.45, 7) is 9.57. The Kier molecular flexibility index (Phi) is 4.94. The third kappa shape index (κ3) is 3.34. The van der Waals surface area contributed by atoms with Gasteiger partial charge in [0.05, 0.1) is 5.56 Å². The standard InChI is InChI=1S/C17H26N2O3/c1-11(2)19-12(3)9-15(13(19)4)17(22)18-7-5-14(6-8-18)10-16(20)21/h9,11,14H,5-8,10H2,1-4H3,(H,20,21). The molecule has 122 valence electrons.